The first-order valence-electron chi connectivity index (χ1n) is 6.85. The number of nitrogens with zero attached hydrogens (tertiary/aromatic N) is 3. The molecular formula is C16H16N6. The molecule has 6 heteroatoms. The molecule has 0 bridgehead atoms. The molecule has 0 amide bonds. The van der Waals surface area contributed by atoms with Crippen LogP contribution in [0.1, 0.15) is 17.1 Å². The summed E-state index contributed by atoms with van der Waals surface area (Å²) >= 11 is 0. The molecule has 1 aromatic carbocycles. The summed E-state index contributed by atoms with van der Waals surface area (Å²) in [7, 11) is 0. The van der Waals surface area contributed by atoms with Gasteiger partial charge in [0, 0.05) is 11.8 Å². The number of anilines is 3. The summed E-state index contributed by atoms with van der Waals surface area (Å²) in [6.45, 7) is 1.93. The lowest BCUT2D eigenvalue weighted by molar-refractivity contribution is 1.04. The summed E-state index contributed by atoms with van der Waals surface area (Å²) in [5.74, 6) is 1.78. The smallest absolute Gasteiger partial charge is 0.158 e. The third kappa shape index (κ3) is 3.29. The molecule has 0 aliphatic carbocycles. The highest BCUT2D eigenvalue weighted by atomic mass is 15.2. The Balaban J connectivity index is 1.82. The first-order chi connectivity index (χ1) is 10.7. The minimum Gasteiger partial charge on any atom is -0.394 e. The molecule has 0 saturated heterocycles. The van der Waals surface area contributed by atoms with Gasteiger partial charge in [-0.25, -0.2) is 9.97 Å². The lowest BCUT2D eigenvalue weighted by Crippen LogP contribution is -2.02. The predicted molar refractivity (Wildman–Crippen MR) is 88.4 cm³/mol. The van der Waals surface area contributed by atoms with Gasteiger partial charge in [-0.2, -0.15) is 5.10 Å². The van der Waals surface area contributed by atoms with Crippen LogP contribution in [0, 0.1) is 6.92 Å². The summed E-state index contributed by atoms with van der Waals surface area (Å²) in [4.78, 5) is 8.61. The summed E-state index contributed by atoms with van der Waals surface area (Å²) in [6, 6.07) is 11.8. The molecule has 0 aliphatic rings. The second-order valence-corrected chi connectivity index (χ2v) is 4.84. The molecule has 2 heterocycles. The molecular weight excluding hydrogens is 276 g/mol. The zero-order valence-electron chi connectivity index (χ0n) is 12.1. The van der Waals surface area contributed by atoms with Gasteiger partial charge < -0.3 is 11.1 Å². The van der Waals surface area contributed by atoms with Crippen molar-refractivity contribution in [3.8, 4) is 0 Å². The van der Waals surface area contributed by atoms with Gasteiger partial charge in [0.25, 0.3) is 0 Å². The van der Waals surface area contributed by atoms with Gasteiger partial charge in [-0.05, 0) is 18.6 Å². The third-order valence-electron chi connectivity index (χ3n) is 3.01. The quantitative estimate of drug-likeness (QED) is 0.687. The van der Waals surface area contributed by atoms with E-state index >= 15 is 0 Å². The molecule has 0 atom stereocenters. The minimum atomic E-state index is 0.470. The molecule has 2 aromatic heterocycles. The van der Waals surface area contributed by atoms with Crippen molar-refractivity contribution in [1.29, 1.82) is 0 Å². The number of nitrogen functional groups attached to an aromatic ring is 1. The van der Waals surface area contributed by atoms with Crippen molar-refractivity contribution in [3.63, 3.8) is 0 Å². The number of aromatic nitrogens is 4. The molecule has 3 rings (SSSR count). The minimum absolute atomic E-state index is 0.470. The normalized spacial score (nSPS) is 11.0. The van der Waals surface area contributed by atoms with Gasteiger partial charge in [0.2, 0.25) is 0 Å². The van der Waals surface area contributed by atoms with Crippen molar-refractivity contribution >= 4 is 29.5 Å². The summed E-state index contributed by atoms with van der Waals surface area (Å²) in [5, 5.41) is 10.0. The van der Waals surface area contributed by atoms with E-state index in [2.05, 4.69) is 25.5 Å². The first kappa shape index (κ1) is 13.8. The van der Waals surface area contributed by atoms with E-state index in [0.717, 1.165) is 11.3 Å². The van der Waals surface area contributed by atoms with Crippen LogP contribution in [0.3, 0.4) is 0 Å². The largest absolute Gasteiger partial charge is 0.394 e. The number of aryl methyl sites for hydroxylation is 1. The van der Waals surface area contributed by atoms with Crippen LogP contribution in [0.2, 0.25) is 0 Å². The monoisotopic (exact) mass is 292 g/mol. The lowest BCUT2D eigenvalue weighted by Gasteiger charge is -2.05. The highest BCUT2D eigenvalue weighted by Crippen LogP contribution is 2.19. The second-order valence-electron chi connectivity index (χ2n) is 4.84. The van der Waals surface area contributed by atoms with Crippen molar-refractivity contribution in [1.82, 2.24) is 20.2 Å². The van der Waals surface area contributed by atoms with Crippen LogP contribution < -0.4 is 11.1 Å². The van der Waals surface area contributed by atoms with Gasteiger partial charge in [0.1, 0.15) is 0 Å². The van der Waals surface area contributed by atoms with E-state index in [0.29, 0.717) is 23.1 Å². The van der Waals surface area contributed by atoms with Gasteiger partial charge in [-0.1, -0.05) is 36.4 Å². The topological polar surface area (TPSA) is 92.5 Å². The van der Waals surface area contributed by atoms with Gasteiger partial charge in [0.15, 0.2) is 17.5 Å². The maximum absolute atomic E-state index is 5.90. The van der Waals surface area contributed by atoms with E-state index in [1.165, 1.54) is 0 Å². The molecule has 110 valence electrons. The molecule has 6 nitrogen and oxygen atoms in total. The molecule has 3 aromatic rings. The summed E-state index contributed by atoms with van der Waals surface area (Å²) < 4.78 is 0. The Morgan fingerprint density at radius 1 is 1.18 bits per heavy atom. The SMILES string of the molecule is Cc1cc(Nc2nc(/C=C/c3ccccc3)ncc2N)n[nH]1. The number of benzene rings is 1. The van der Waals surface area contributed by atoms with Crippen LogP contribution >= 0.6 is 0 Å². The molecule has 0 fully saturated rings. The molecule has 0 unspecified atom stereocenters. The fourth-order valence-electron chi connectivity index (χ4n) is 1.92. The van der Waals surface area contributed by atoms with Crippen LogP contribution in [0.25, 0.3) is 12.2 Å². The fourth-order valence-corrected chi connectivity index (χ4v) is 1.92. The summed E-state index contributed by atoms with van der Waals surface area (Å²) in [5.41, 5.74) is 8.41. The Hall–Kier alpha value is -3.15. The zero-order chi connectivity index (χ0) is 15.4. The second kappa shape index (κ2) is 6.09. The van der Waals surface area contributed by atoms with Gasteiger partial charge in [-0.3, -0.25) is 5.10 Å². The Kier molecular flexibility index (Phi) is 3.82. The summed E-state index contributed by atoms with van der Waals surface area (Å²) in [6.07, 6.45) is 5.38. The number of nitrogens with two attached hydrogens (primary N) is 1. The molecule has 0 radical (unpaired) electrons. The van der Waals surface area contributed by atoms with Gasteiger partial charge in [0.05, 0.1) is 11.9 Å². The van der Waals surface area contributed by atoms with E-state index in [1.54, 1.807) is 6.20 Å². The molecule has 0 spiro atoms. The van der Waals surface area contributed by atoms with Crippen molar-refractivity contribution in [2.24, 2.45) is 0 Å². The average Bonchev–Trinajstić information content (AvgIpc) is 2.94. The van der Waals surface area contributed by atoms with Crippen LogP contribution in [0.4, 0.5) is 17.3 Å². The highest BCUT2D eigenvalue weighted by molar-refractivity contribution is 5.71. The third-order valence-corrected chi connectivity index (χ3v) is 3.01. The number of hydrogen-bond donors (Lipinski definition) is 3. The van der Waals surface area contributed by atoms with E-state index < -0.39 is 0 Å². The Bertz CT molecular complexity index is 791. The standard InChI is InChI=1S/C16H16N6/c1-11-9-15(22-21-11)20-16-13(17)10-18-14(19-16)8-7-12-5-3-2-4-6-12/h2-10H,17H2,1H3,(H2,18,19,20,21,22)/b8-7+. The van der Waals surface area contributed by atoms with E-state index in [4.69, 9.17) is 5.73 Å². The zero-order valence-corrected chi connectivity index (χ0v) is 12.1. The van der Waals surface area contributed by atoms with Crippen molar-refractivity contribution < 1.29 is 0 Å². The Labute approximate surface area is 128 Å². The molecule has 22 heavy (non-hydrogen) atoms. The highest BCUT2D eigenvalue weighted by Gasteiger charge is 2.05. The maximum Gasteiger partial charge on any atom is 0.158 e. The van der Waals surface area contributed by atoms with Crippen LogP contribution in [-0.2, 0) is 0 Å². The molecule has 4 N–H and O–H groups in total. The Morgan fingerprint density at radius 3 is 2.73 bits per heavy atom. The predicted octanol–water partition coefficient (Wildman–Crippen LogP) is 3.00. The number of H-pyrrole nitrogens is 1. The average molecular weight is 292 g/mol. The van der Waals surface area contributed by atoms with Crippen LogP contribution in [0.5, 0.6) is 0 Å². The van der Waals surface area contributed by atoms with E-state index in [-0.39, 0.29) is 0 Å². The maximum atomic E-state index is 5.90. The fraction of sp³-hybridized carbons (Fsp3) is 0.0625. The number of nitrogens with one attached hydrogen (secondary N) is 2. The molecule has 0 saturated carbocycles. The first-order valence-corrected chi connectivity index (χ1v) is 6.85. The van der Waals surface area contributed by atoms with Gasteiger partial charge in [-0.15, -0.1) is 0 Å². The number of rotatable bonds is 4. The van der Waals surface area contributed by atoms with Crippen molar-refractivity contribution in [2.45, 2.75) is 6.92 Å². The number of hydrogen-bond acceptors (Lipinski definition) is 5. The lowest BCUT2D eigenvalue weighted by atomic mass is 10.2. The van der Waals surface area contributed by atoms with Crippen molar-refractivity contribution in [2.75, 3.05) is 11.1 Å². The van der Waals surface area contributed by atoms with E-state index in [9.17, 15) is 0 Å². The van der Waals surface area contributed by atoms with Crippen molar-refractivity contribution in [3.05, 3.63) is 59.7 Å². The Morgan fingerprint density at radius 2 is 2.00 bits per heavy atom. The van der Waals surface area contributed by atoms with Crippen LogP contribution in [-0.4, -0.2) is 20.2 Å². The van der Waals surface area contributed by atoms with Gasteiger partial charge >= 0.3 is 0 Å². The molecule has 0 aliphatic heterocycles. The van der Waals surface area contributed by atoms with E-state index in [1.807, 2.05) is 55.5 Å². The van der Waals surface area contributed by atoms with Crippen LogP contribution in [0.15, 0.2) is 42.6 Å². The number of aromatic amines is 1.